The van der Waals surface area contributed by atoms with Crippen molar-refractivity contribution >= 4 is 29.9 Å². The van der Waals surface area contributed by atoms with Crippen LogP contribution in [0.2, 0.25) is 0 Å². The molecule has 0 spiro atoms. The fourth-order valence-corrected chi connectivity index (χ4v) is 2.16. The number of nitrogens with zero attached hydrogens (tertiary/aromatic N) is 3. The standard InChI is InChI=1S/C17H25N5O2.HI/c1-5-18-17(20-11-16-21-13(4)22-24-16)19-10-14-8-7-12(3)9-15(14)23-6-2;/h7-9H,5-6,10-11H2,1-4H3,(H2,18,19,20);1H. The molecular weight excluding hydrogens is 433 g/mol. The Bertz CT molecular complexity index is 687. The number of aromatic nitrogens is 2. The van der Waals surface area contributed by atoms with Crippen molar-refractivity contribution in [1.29, 1.82) is 0 Å². The molecule has 1 aromatic carbocycles. The highest BCUT2D eigenvalue weighted by Crippen LogP contribution is 2.21. The Morgan fingerprint density at radius 3 is 2.68 bits per heavy atom. The van der Waals surface area contributed by atoms with Gasteiger partial charge in [-0.3, -0.25) is 0 Å². The summed E-state index contributed by atoms with van der Waals surface area (Å²) >= 11 is 0. The van der Waals surface area contributed by atoms with Gasteiger partial charge in [-0.2, -0.15) is 4.98 Å². The summed E-state index contributed by atoms with van der Waals surface area (Å²) in [5.41, 5.74) is 2.22. The van der Waals surface area contributed by atoms with Crippen LogP contribution in [0, 0.1) is 13.8 Å². The van der Waals surface area contributed by atoms with E-state index >= 15 is 0 Å². The van der Waals surface area contributed by atoms with Gasteiger partial charge in [0, 0.05) is 12.1 Å². The summed E-state index contributed by atoms with van der Waals surface area (Å²) in [6.07, 6.45) is 0. The number of nitrogens with one attached hydrogen (secondary N) is 2. The van der Waals surface area contributed by atoms with Crippen LogP contribution in [0.4, 0.5) is 0 Å². The molecule has 0 fully saturated rings. The number of aryl methyl sites for hydroxylation is 2. The predicted octanol–water partition coefficient (Wildman–Crippen LogP) is 2.96. The van der Waals surface area contributed by atoms with E-state index < -0.39 is 0 Å². The van der Waals surface area contributed by atoms with Crippen LogP contribution < -0.4 is 15.4 Å². The van der Waals surface area contributed by atoms with Crippen molar-refractivity contribution in [3.63, 3.8) is 0 Å². The van der Waals surface area contributed by atoms with Crippen molar-refractivity contribution in [3.8, 4) is 5.75 Å². The smallest absolute Gasteiger partial charge is 0.246 e. The molecule has 0 amide bonds. The van der Waals surface area contributed by atoms with Crippen molar-refractivity contribution in [3.05, 3.63) is 41.0 Å². The molecule has 8 heteroatoms. The van der Waals surface area contributed by atoms with Crippen molar-refractivity contribution in [1.82, 2.24) is 20.8 Å². The molecular formula is C17H26IN5O2. The predicted molar refractivity (Wildman–Crippen MR) is 108 cm³/mol. The lowest BCUT2D eigenvalue weighted by atomic mass is 10.1. The fourth-order valence-electron chi connectivity index (χ4n) is 2.16. The Hall–Kier alpha value is -1.84. The molecule has 2 N–H and O–H groups in total. The van der Waals surface area contributed by atoms with Crippen LogP contribution in [0.25, 0.3) is 0 Å². The van der Waals surface area contributed by atoms with Gasteiger partial charge in [0.25, 0.3) is 0 Å². The maximum absolute atomic E-state index is 5.70. The minimum Gasteiger partial charge on any atom is -0.494 e. The zero-order valence-corrected chi connectivity index (χ0v) is 17.5. The molecule has 0 saturated carbocycles. The van der Waals surface area contributed by atoms with E-state index in [1.807, 2.05) is 26.8 Å². The lowest BCUT2D eigenvalue weighted by Gasteiger charge is -2.12. The van der Waals surface area contributed by atoms with E-state index in [4.69, 9.17) is 9.26 Å². The fraction of sp³-hybridized carbons (Fsp3) is 0.471. The van der Waals surface area contributed by atoms with Gasteiger partial charge >= 0.3 is 0 Å². The summed E-state index contributed by atoms with van der Waals surface area (Å²) in [6, 6.07) is 6.15. The van der Waals surface area contributed by atoms with Gasteiger partial charge < -0.3 is 19.9 Å². The summed E-state index contributed by atoms with van der Waals surface area (Å²) in [5, 5.41) is 10.2. The third kappa shape index (κ3) is 6.89. The van der Waals surface area contributed by atoms with Crippen LogP contribution in [0.3, 0.4) is 0 Å². The van der Waals surface area contributed by atoms with Gasteiger partial charge in [0.2, 0.25) is 5.89 Å². The first-order valence-electron chi connectivity index (χ1n) is 8.16. The first kappa shape index (κ1) is 21.2. The molecule has 0 aliphatic rings. The van der Waals surface area contributed by atoms with E-state index in [-0.39, 0.29) is 24.0 Å². The minimum absolute atomic E-state index is 0. The average Bonchev–Trinajstić information content (AvgIpc) is 2.97. The molecule has 138 valence electrons. The summed E-state index contributed by atoms with van der Waals surface area (Å²) in [4.78, 5) is 8.77. The molecule has 0 aliphatic heterocycles. The van der Waals surface area contributed by atoms with E-state index in [0.717, 1.165) is 17.9 Å². The number of hydrogen-bond donors (Lipinski definition) is 2. The quantitative estimate of drug-likeness (QED) is 0.376. The van der Waals surface area contributed by atoms with E-state index in [1.165, 1.54) is 5.56 Å². The summed E-state index contributed by atoms with van der Waals surface area (Å²) in [5.74, 6) is 2.72. The van der Waals surface area contributed by atoms with Crippen molar-refractivity contribution in [2.75, 3.05) is 13.2 Å². The third-order valence-electron chi connectivity index (χ3n) is 3.25. The van der Waals surface area contributed by atoms with Gasteiger partial charge in [-0.1, -0.05) is 17.3 Å². The summed E-state index contributed by atoms with van der Waals surface area (Å²) in [6.45, 7) is 10.2. The van der Waals surface area contributed by atoms with Gasteiger partial charge in [-0.05, 0) is 39.3 Å². The van der Waals surface area contributed by atoms with E-state index in [2.05, 4.69) is 37.9 Å². The number of guanidine groups is 1. The number of aliphatic imine (C=N–C) groups is 1. The Kier molecular flexibility index (Phi) is 9.25. The maximum atomic E-state index is 5.70. The molecule has 0 saturated heterocycles. The normalized spacial score (nSPS) is 11.0. The highest BCUT2D eigenvalue weighted by Gasteiger charge is 2.06. The van der Waals surface area contributed by atoms with E-state index in [0.29, 0.717) is 37.4 Å². The van der Waals surface area contributed by atoms with Crippen LogP contribution in [-0.4, -0.2) is 29.3 Å². The monoisotopic (exact) mass is 459 g/mol. The van der Waals surface area contributed by atoms with Crippen molar-refractivity contribution in [2.24, 2.45) is 4.99 Å². The second-order valence-corrected chi connectivity index (χ2v) is 5.33. The molecule has 0 unspecified atom stereocenters. The van der Waals surface area contributed by atoms with Crippen LogP contribution in [0.1, 0.15) is 36.7 Å². The molecule has 1 aromatic heterocycles. The van der Waals surface area contributed by atoms with Crippen LogP contribution >= 0.6 is 24.0 Å². The number of halogens is 1. The molecule has 25 heavy (non-hydrogen) atoms. The first-order valence-corrected chi connectivity index (χ1v) is 8.16. The number of rotatable bonds is 7. The van der Waals surface area contributed by atoms with Gasteiger partial charge in [0.05, 0.1) is 19.7 Å². The van der Waals surface area contributed by atoms with Crippen LogP contribution in [0.5, 0.6) is 5.75 Å². The second-order valence-electron chi connectivity index (χ2n) is 5.33. The van der Waals surface area contributed by atoms with E-state index in [9.17, 15) is 0 Å². The first-order chi connectivity index (χ1) is 11.6. The Labute approximate surface area is 165 Å². The zero-order valence-electron chi connectivity index (χ0n) is 15.1. The molecule has 0 atom stereocenters. The van der Waals surface area contributed by atoms with Gasteiger partial charge in [0.1, 0.15) is 5.75 Å². The third-order valence-corrected chi connectivity index (χ3v) is 3.25. The molecule has 0 aliphatic carbocycles. The molecule has 2 aromatic rings. The van der Waals surface area contributed by atoms with Crippen LogP contribution in [-0.2, 0) is 13.1 Å². The minimum atomic E-state index is 0. The van der Waals surface area contributed by atoms with Crippen LogP contribution in [0.15, 0.2) is 27.7 Å². The topological polar surface area (TPSA) is 84.6 Å². The van der Waals surface area contributed by atoms with Gasteiger partial charge in [0.15, 0.2) is 11.8 Å². The second kappa shape index (κ2) is 10.9. The molecule has 0 bridgehead atoms. The number of benzene rings is 1. The summed E-state index contributed by atoms with van der Waals surface area (Å²) < 4.78 is 10.8. The SMILES string of the molecule is CCNC(=NCc1ccc(C)cc1OCC)NCc1nc(C)no1.I. The van der Waals surface area contributed by atoms with E-state index in [1.54, 1.807) is 6.92 Å². The zero-order chi connectivity index (χ0) is 17.4. The lowest BCUT2D eigenvalue weighted by Crippen LogP contribution is -2.36. The average molecular weight is 459 g/mol. The Morgan fingerprint density at radius 1 is 1.24 bits per heavy atom. The number of hydrogen-bond acceptors (Lipinski definition) is 5. The van der Waals surface area contributed by atoms with Crippen molar-refractivity contribution in [2.45, 2.75) is 40.8 Å². The maximum Gasteiger partial charge on any atom is 0.246 e. The summed E-state index contributed by atoms with van der Waals surface area (Å²) in [7, 11) is 0. The number of ether oxygens (including phenoxy) is 1. The highest BCUT2D eigenvalue weighted by atomic mass is 127. The highest BCUT2D eigenvalue weighted by molar-refractivity contribution is 14.0. The molecule has 0 radical (unpaired) electrons. The largest absolute Gasteiger partial charge is 0.494 e. The molecule has 2 rings (SSSR count). The van der Waals surface area contributed by atoms with Gasteiger partial charge in [-0.15, -0.1) is 24.0 Å². The lowest BCUT2D eigenvalue weighted by molar-refractivity contribution is 0.336. The van der Waals surface area contributed by atoms with Crippen molar-refractivity contribution < 1.29 is 9.26 Å². The molecule has 7 nitrogen and oxygen atoms in total. The van der Waals surface area contributed by atoms with Gasteiger partial charge in [-0.25, -0.2) is 4.99 Å². The Balaban J connectivity index is 0.00000312. The Morgan fingerprint density at radius 2 is 2.04 bits per heavy atom. The molecule has 1 heterocycles.